The fourth-order valence-electron chi connectivity index (χ4n) is 2.31. The molecule has 1 aliphatic rings. The number of sulfonamides is 1. The number of fused-ring (bicyclic) bond motifs is 1. The van der Waals surface area contributed by atoms with E-state index in [1.165, 1.54) is 16.8 Å². The van der Waals surface area contributed by atoms with Gasteiger partial charge in [0.2, 0.25) is 0 Å². The summed E-state index contributed by atoms with van der Waals surface area (Å²) in [5.74, 6) is 0. The van der Waals surface area contributed by atoms with Crippen molar-refractivity contribution in [3.63, 3.8) is 0 Å². The molecular formula is C12H12BrN3O2S. The minimum Gasteiger partial charge on any atom is -0.334 e. The molecule has 100 valence electrons. The molecule has 19 heavy (non-hydrogen) atoms. The van der Waals surface area contributed by atoms with Gasteiger partial charge in [-0.3, -0.25) is 4.31 Å². The Morgan fingerprint density at radius 1 is 1.37 bits per heavy atom. The molecule has 3 rings (SSSR count). The number of benzene rings is 1. The highest BCUT2D eigenvalue weighted by Crippen LogP contribution is 2.37. The summed E-state index contributed by atoms with van der Waals surface area (Å²) in [5, 5.41) is 0.121. The third kappa shape index (κ3) is 2.06. The van der Waals surface area contributed by atoms with E-state index in [2.05, 4.69) is 25.9 Å². The summed E-state index contributed by atoms with van der Waals surface area (Å²) < 4.78 is 27.4. The average molecular weight is 342 g/mol. The Hall–Kier alpha value is -1.34. The summed E-state index contributed by atoms with van der Waals surface area (Å²) in [5.41, 5.74) is 1.78. The normalized spacial score (nSPS) is 15.3. The van der Waals surface area contributed by atoms with E-state index in [0.29, 0.717) is 6.54 Å². The van der Waals surface area contributed by atoms with E-state index < -0.39 is 10.0 Å². The van der Waals surface area contributed by atoms with Crippen LogP contribution in [-0.4, -0.2) is 24.9 Å². The van der Waals surface area contributed by atoms with E-state index in [1.807, 2.05) is 18.2 Å². The van der Waals surface area contributed by atoms with Crippen LogP contribution in [-0.2, 0) is 16.4 Å². The quantitative estimate of drug-likeness (QED) is 0.911. The number of rotatable bonds is 2. The number of nitrogens with zero attached hydrogens (tertiary/aromatic N) is 2. The monoisotopic (exact) mass is 341 g/mol. The van der Waals surface area contributed by atoms with E-state index in [1.54, 1.807) is 0 Å². The molecule has 7 heteroatoms. The van der Waals surface area contributed by atoms with Crippen molar-refractivity contribution in [2.45, 2.75) is 17.9 Å². The van der Waals surface area contributed by atoms with Crippen LogP contribution in [0.1, 0.15) is 12.0 Å². The lowest BCUT2D eigenvalue weighted by atomic mass is 10.0. The highest BCUT2D eigenvalue weighted by Gasteiger charge is 2.31. The van der Waals surface area contributed by atoms with E-state index in [-0.39, 0.29) is 5.03 Å². The van der Waals surface area contributed by atoms with Crippen LogP contribution in [0.4, 0.5) is 5.69 Å². The molecule has 2 aromatic rings. The Bertz CT molecular complexity index is 698. The van der Waals surface area contributed by atoms with Crippen molar-refractivity contribution in [2.75, 3.05) is 10.8 Å². The van der Waals surface area contributed by atoms with Gasteiger partial charge in [0.1, 0.15) is 0 Å². The largest absolute Gasteiger partial charge is 0.334 e. The molecule has 1 aromatic heterocycles. The molecule has 5 nitrogen and oxygen atoms in total. The van der Waals surface area contributed by atoms with Gasteiger partial charge >= 0.3 is 0 Å². The fraction of sp³-hybridized carbons (Fsp3) is 0.250. The van der Waals surface area contributed by atoms with Crippen molar-refractivity contribution < 1.29 is 8.42 Å². The Balaban J connectivity index is 2.15. The lowest BCUT2D eigenvalue weighted by Gasteiger charge is -2.30. The second kappa shape index (κ2) is 4.64. The van der Waals surface area contributed by atoms with Gasteiger partial charge in [0.05, 0.1) is 18.2 Å². The third-order valence-electron chi connectivity index (χ3n) is 3.17. The van der Waals surface area contributed by atoms with Gasteiger partial charge in [-0.1, -0.05) is 12.1 Å². The maximum Gasteiger partial charge on any atom is 0.281 e. The molecule has 0 atom stereocenters. The first-order chi connectivity index (χ1) is 9.10. The topological polar surface area (TPSA) is 66.1 Å². The summed E-state index contributed by atoms with van der Waals surface area (Å²) >= 11 is 3.45. The SMILES string of the molecule is O=S(=O)(c1cnc[nH]1)N1CCCc2cccc(Br)c21. The number of anilines is 1. The number of hydrogen-bond acceptors (Lipinski definition) is 3. The molecule has 0 aliphatic carbocycles. The summed E-state index contributed by atoms with van der Waals surface area (Å²) in [6.45, 7) is 0.483. The Morgan fingerprint density at radius 2 is 2.21 bits per heavy atom. The van der Waals surface area contributed by atoms with Crippen molar-refractivity contribution in [2.24, 2.45) is 0 Å². The van der Waals surface area contributed by atoms with Gasteiger partial charge in [-0.2, -0.15) is 8.42 Å². The molecule has 0 saturated carbocycles. The molecule has 1 aromatic carbocycles. The zero-order valence-corrected chi connectivity index (χ0v) is 12.4. The number of aryl methyl sites for hydroxylation is 1. The predicted molar refractivity (Wildman–Crippen MR) is 75.6 cm³/mol. The Morgan fingerprint density at radius 3 is 2.95 bits per heavy atom. The lowest BCUT2D eigenvalue weighted by Crippen LogP contribution is -2.36. The summed E-state index contributed by atoms with van der Waals surface area (Å²) in [7, 11) is -3.57. The van der Waals surface area contributed by atoms with Gasteiger partial charge in [0.25, 0.3) is 10.0 Å². The van der Waals surface area contributed by atoms with Crippen LogP contribution in [0.3, 0.4) is 0 Å². The molecule has 1 aliphatic heterocycles. The predicted octanol–water partition coefficient (Wildman–Crippen LogP) is 2.31. The maximum atomic E-state index is 12.6. The number of H-pyrrole nitrogens is 1. The molecule has 0 unspecified atom stereocenters. The average Bonchev–Trinajstić information content (AvgIpc) is 2.93. The number of halogens is 1. The summed E-state index contributed by atoms with van der Waals surface area (Å²) in [4.78, 5) is 6.46. The molecule has 0 radical (unpaired) electrons. The fourth-order valence-corrected chi connectivity index (χ4v) is 4.51. The van der Waals surface area contributed by atoms with Gasteiger partial charge in [0.15, 0.2) is 5.03 Å². The third-order valence-corrected chi connectivity index (χ3v) is 5.53. The Kier molecular flexibility index (Phi) is 3.10. The van der Waals surface area contributed by atoms with Crippen LogP contribution in [0.2, 0.25) is 0 Å². The van der Waals surface area contributed by atoms with Gasteiger partial charge in [-0.05, 0) is 40.4 Å². The molecule has 0 spiro atoms. The van der Waals surface area contributed by atoms with E-state index in [9.17, 15) is 8.42 Å². The van der Waals surface area contributed by atoms with Crippen LogP contribution in [0, 0.1) is 0 Å². The summed E-state index contributed by atoms with van der Waals surface area (Å²) in [6, 6.07) is 5.75. The standard InChI is InChI=1S/C12H12BrN3O2S/c13-10-5-1-3-9-4-2-6-16(12(9)10)19(17,18)11-7-14-8-15-11/h1,3,5,7-8H,2,4,6H2,(H,14,15). The zero-order valence-electron chi connectivity index (χ0n) is 10.0. The van der Waals surface area contributed by atoms with Crippen molar-refractivity contribution in [1.29, 1.82) is 0 Å². The van der Waals surface area contributed by atoms with Crippen molar-refractivity contribution in [3.8, 4) is 0 Å². The number of aromatic nitrogens is 2. The smallest absolute Gasteiger partial charge is 0.281 e. The summed E-state index contributed by atoms with van der Waals surface area (Å²) in [6.07, 6.45) is 4.42. The van der Waals surface area contributed by atoms with E-state index in [4.69, 9.17) is 0 Å². The van der Waals surface area contributed by atoms with Gasteiger partial charge < -0.3 is 4.98 Å². The molecule has 0 saturated heterocycles. The molecule has 0 fully saturated rings. The highest BCUT2D eigenvalue weighted by molar-refractivity contribution is 9.10. The maximum absolute atomic E-state index is 12.6. The second-order valence-corrected chi connectivity index (χ2v) is 7.03. The zero-order chi connectivity index (χ0) is 13.5. The van der Waals surface area contributed by atoms with E-state index >= 15 is 0 Å². The van der Waals surface area contributed by atoms with Gasteiger partial charge in [-0.15, -0.1) is 0 Å². The number of para-hydroxylation sites is 1. The molecular weight excluding hydrogens is 330 g/mol. The number of imidazole rings is 1. The molecule has 1 N–H and O–H groups in total. The second-order valence-electron chi connectivity index (χ2n) is 4.34. The first kappa shape index (κ1) is 12.7. The van der Waals surface area contributed by atoms with Crippen molar-refractivity contribution >= 4 is 31.6 Å². The van der Waals surface area contributed by atoms with Gasteiger partial charge in [-0.25, -0.2) is 4.98 Å². The van der Waals surface area contributed by atoms with Crippen LogP contribution in [0.5, 0.6) is 0 Å². The van der Waals surface area contributed by atoms with Crippen LogP contribution >= 0.6 is 15.9 Å². The number of aromatic amines is 1. The lowest BCUT2D eigenvalue weighted by molar-refractivity contribution is 0.583. The first-order valence-corrected chi connectivity index (χ1v) is 8.12. The first-order valence-electron chi connectivity index (χ1n) is 5.89. The molecule has 0 amide bonds. The number of nitrogens with one attached hydrogen (secondary N) is 1. The van der Waals surface area contributed by atoms with Crippen LogP contribution in [0.15, 0.2) is 40.2 Å². The molecule has 2 heterocycles. The van der Waals surface area contributed by atoms with Crippen LogP contribution < -0.4 is 4.31 Å². The van der Waals surface area contributed by atoms with Crippen LogP contribution in [0.25, 0.3) is 0 Å². The van der Waals surface area contributed by atoms with E-state index in [0.717, 1.165) is 28.6 Å². The molecule has 0 bridgehead atoms. The minimum absolute atomic E-state index is 0.121. The Labute approximate surface area is 119 Å². The highest BCUT2D eigenvalue weighted by atomic mass is 79.9. The number of hydrogen-bond donors (Lipinski definition) is 1. The van der Waals surface area contributed by atoms with Crippen molar-refractivity contribution in [3.05, 3.63) is 40.8 Å². The van der Waals surface area contributed by atoms with Gasteiger partial charge in [0, 0.05) is 11.0 Å². The minimum atomic E-state index is -3.57. The van der Waals surface area contributed by atoms with Crippen molar-refractivity contribution in [1.82, 2.24) is 9.97 Å².